The zero-order chi connectivity index (χ0) is 25.3. The van der Waals surface area contributed by atoms with E-state index >= 15 is 0 Å². The molecule has 2 unspecified atom stereocenters. The van der Waals surface area contributed by atoms with Crippen molar-refractivity contribution in [2.75, 3.05) is 19.7 Å². The lowest BCUT2D eigenvalue weighted by Gasteiger charge is -2.30. The van der Waals surface area contributed by atoms with E-state index in [1.807, 2.05) is 85.3 Å². The lowest BCUT2D eigenvalue weighted by molar-refractivity contribution is -0.155. The molecule has 2 rings (SSSR count). The Morgan fingerprint density at radius 1 is 0.943 bits per heavy atom. The molecule has 0 aromatic heterocycles. The second kappa shape index (κ2) is 16.7. The predicted octanol–water partition coefficient (Wildman–Crippen LogP) is 5.14. The van der Waals surface area contributed by atoms with Gasteiger partial charge in [0.15, 0.2) is 6.10 Å². The largest absolute Gasteiger partial charge is 0.461 e. The van der Waals surface area contributed by atoms with Gasteiger partial charge in [0.25, 0.3) is 8.53 Å². The molecule has 0 N–H and O–H groups in total. The first-order valence-electron chi connectivity index (χ1n) is 11.7. The normalized spacial score (nSPS) is 12.5. The number of carbonyl (C=O) groups excluding carboxylic acids is 2. The third kappa shape index (κ3) is 11.0. The molecule has 0 aliphatic heterocycles. The number of hydrogen-bond donors (Lipinski definition) is 0. The number of hydrogen-bond acceptors (Lipinski definition) is 8. The summed E-state index contributed by atoms with van der Waals surface area (Å²) < 4.78 is 24.7. The molecule has 0 aliphatic rings. The van der Waals surface area contributed by atoms with Crippen molar-refractivity contribution in [1.82, 2.24) is 4.67 Å². The van der Waals surface area contributed by atoms with Gasteiger partial charge in [-0.05, 0) is 17.5 Å². The zero-order valence-electron chi connectivity index (χ0n) is 20.3. The number of esters is 2. The van der Waals surface area contributed by atoms with Crippen LogP contribution in [0.1, 0.15) is 44.2 Å². The Kier molecular flexibility index (Phi) is 13.6. The van der Waals surface area contributed by atoms with E-state index in [4.69, 9.17) is 23.8 Å². The number of nitrogens with zero attached hydrogens (tertiary/aromatic N) is 2. The van der Waals surface area contributed by atoms with Crippen molar-refractivity contribution in [2.45, 2.75) is 52.4 Å². The van der Waals surface area contributed by atoms with Crippen LogP contribution in [0, 0.1) is 11.3 Å². The first-order valence-corrected chi connectivity index (χ1v) is 12.8. The zero-order valence-corrected chi connectivity index (χ0v) is 21.2. The van der Waals surface area contributed by atoms with Gasteiger partial charge >= 0.3 is 11.9 Å². The molecule has 8 nitrogen and oxygen atoms in total. The summed E-state index contributed by atoms with van der Waals surface area (Å²) in [5.74, 6) is -1.01. The minimum absolute atomic E-state index is 0.0163. The summed E-state index contributed by atoms with van der Waals surface area (Å²) in [5.41, 5.74) is 1.73. The lowest BCUT2D eigenvalue weighted by atomic mass is 10.2. The molecule has 0 saturated carbocycles. The van der Waals surface area contributed by atoms with Crippen LogP contribution in [0.4, 0.5) is 0 Å². The number of carbonyl (C=O) groups is 2. The van der Waals surface area contributed by atoms with Crippen LogP contribution in [0.5, 0.6) is 0 Å². The molecule has 0 aliphatic carbocycles. The molecule has 2 aromatic carbocycles. The maximum atomic E-state index is 13.0. The van der Waals surface area contributed by atoms with E-state index in [-0.39, 0.29) is 39.1 Å². The summed E-state index contributed by atoms with van der Waals surface area (Å²) in [6.07, 6.45) is -0.740. The molecule has 0 spiro atoms. The fourth-order valence-electron chi connectivity index (χ4n) is 3.01. The van der Waals surface area contributed by atoms with Crippen LogP contribution in [0.2, 0.25) is 0 Å². The van der Waals surface area contributed by atoms with Gasteiger partial charge in [0.1, 0.15) is 13.2 Å². The van der Waals surface area contributed by atoms with Gasteiger partial charge in [-0.15, -0.1) is 0 Å². The van der Waals surface area contributed by atoms with E-state index in [9.17, 15) is 9.59 Å². The van der Waals surface area contributed by atoms with Gasteiger partial charge < -0.3 is 18.5 Å². The van der Waals surface area contributed by atoms with Crippen LogP contribution in [-0.4, -0.2) is 42.4 Å². The van der Waals surface area contributed by atoms with Gasteiger partial charge in [-0.25, -0.2) is 9.46 Å². The van der Waals surface area contributed by atoms with Gasteiger partial charge in [-0.1, -0.05) is 74.5 Å². The van der Waals surface area contributed by atoms with E-state index < -0.39 is 26.6 Å². The highest BCUT2D eigenvalue weighted by atomic mass is 31.2. The fourth-order valence-corrected chi connectivity index (χ4v) is 4.48. The fraction of sp³-hybridized carbons (Fsp3) is 0.423. The molecule has 2 aromatic rings. The first kappa shape index (κ1) is 28.4. The molecule has 0 bridgehead atoms. The monoisotopic (exact) mass is 500 g/mol. The Hall–Kier alpha value is -2.82. The molecule has 35 heavy (non-hydrogen) atoms. The molecular weight excluding hydrogens is 467 g/mol. The van der Waals surface area contributed by atoms with Crippen LogP contribution in [0.3, 0.4) is 0 Å². The van der Waals surface area contributed by atoms with Crippen LogP contribution < -0.4 is 0 Å². The standard InChI is InChI=1S/C26H33N2O6P/c1-3-28(4-2)35(33-19-11-18-27)34-24(26(30)32-21-23-14-9-6-10-15-23)16-17-25(29)31-20-22-12-7-5-8-13-22/h5-10,12-15,24H,3-4,11,16-17,19-21H2,1-2H3. The number of benzene rings is 2. The Bertz CT molecular complexity index is 918. The molecule has 0 heterocycles. The first-order chi connectivity index (χ1) is 17.1. The summed E-state index contributed by atoms with van der Waals surface area (Å²) in [5, 5.41) is 8.86. The van der Waals surface area contributed by atoms with Gasteiger partial charge in [0, 0.05) is 19.5 Å². The molecule has 2 atom stereocenters. The average Bonchev–Trinajstić information content (AvgIpc) is 2.90. The molecule has 0 fully saturated rings. The van der Waals surface area contributed by atoms with Crippen LogP contribution >= 0.6 is 8.53 Å². The molecule has 0 saturated heterocycles. The molecule has 188 valence electrons. The van der Waals surface area contributed by atoms with Crippen molar-refractivity contribution < 1.29 is 28.1 Å². The van der Waals surface area contributed by atoms with Crippen molar-refractivity contribution in [3.63, 3.8) is 0 Å². The van der Waals surface area contributed by atoms with Crippen molar-refractivity contribution in [3.05, 3.63) is 71.8 Å². The van der Waals surface area contributed by atoms with Crippen LogP contribution in [0.15, 0.2) is 60.7 Å². The van der Waals surface area contributed by atoms with E-state index in [0.717, 1.165) is 11.1 Å². The van der Waals surface area contributed by atoms with Gasteiger partial charge in [0.05, 0.1) is 19.1 Å². The van der Waals surface area contributed by atoms with Gasteiger partial charge in [0.2, 0.25) is 0 Å². The molecular formula is C26H33N2O6P. The second-order valence-corrected chi connectivity index (χ2v) is 9.00. The van der Waals surface area contributed by atoms with E-state index in [0.29, 0.717) is 13.1 Å². The van der Waals surface area contributed by atoms with E-state index in [1.165, 1.54) is 0 Å². The van der Waals surface area contributed by atoms with Crippen LogP contribution in [0.25, 0.3) is 0 Å². The van der Waals surface area contributed by atoms with Gasteiger partial charge in [-0.2, -0.15) is 5.26 Å². The third-order valence-corrected chi connectivity index (χ3v) is 6.80. The Morgan fingerprint density at radius 3 is 2.06 bits per heavy atom. The summed E-state index contributed by atoms with van der Waals surface area (Å²) in [7, 11) is -1.62. The van der Waals surface area contributed by atoms with Crippen molar-refractivity contribution in [1.29, 1.82) is 5.26 Å². The van der Waals surface area contributed by atoms with E-state index in [1.54, 1.807) is 0 Å². The maximum absolute atomic E-state index is 13.0. The summed E-state index contributed by atoms with van der Waals surface area (Å²) in [6, 6.07) is 20.7. The molecule has 9 heteroatoms. The highest BCUT2D eigenvalue weighted by molar-refractivity contribution is 7.44. The quantitative estimate of drug-likeness (QED) is 0.178. The topological polar surface area (TPSA) is 98.1 Å². The van der Waals surface area contributed by atoms with Gasteiger partial charge in [-0.3, -0.25) is 4.79 Å². The number of ether oxygens (including phenoxy) is 2. The minimum atomic E-state index is -1.62. The van der Waals surface area contributed by atoms with Crippen molar-refractivity contribution >= 4 is 20.5 Å². The Morgan fingerprint density at radius 2 is 1.51 bits per heavy atom. The highest BCUT2D eigenvalue weighted by Crippen LogP contribution is 2.44. The Labute approximate surface area is 208 Å². The minimum Gasteiger partial charge on any atom is -0.461 e. The van der Waals surface area contributed by atoms with Crippen LogP contribution in [-0.2, 0) is 41.3 Å². The predicted molar refractivity (Wildman–Crippen MR) is 133 cm³/mol. The van der Waals surface area contributed by atoms with Crippen molar-refractivity contribution in [3.8, 4) is 6.07 Å². The molecule has 0 amide bonds. The molecule has 0 radical (unpaired) electrons. The van der Waals surface area contributed by atoms with E-state index in [2.05, 4.69) is 0 Å². The summed E-state index contributed by atoms with van der Waals surface area (Å²) in [4.78, 5) is 25.3. The number of nitriles is 1. The Balaban J connectivity index is 2.03. The van der Waals surface area contributed by atoms with Crippen molar-refractivity contribution in [2.24, 2.45) is 0 Å². The lowest BCUT2D eigenvalue weighted by Crippen LogP contribution is -2.30. The SMILES string of the molecule is CCN(CC)P(OCCC#N)OC(CCC(=O)OCc1ccccc1)C(=O)OCc1ccccc1. The smallest absolute Gasteiger partial charge is 0.336 e. The second-order valence-electron chi connectivity index (χ2n) is 7.49. The summed E-state index contributed by atoms with van der Waals surface area (Å²) >= 11 is 0. The summed E-state index contributed by atoms with van der Waals surface area (Å²) in [6.45, 7) is 5.63. The maximum Gasteiger partial charge on any atom is 0.336 e. The average molecular weight is 501 g/mol. The third-order valence-electron chi connectivity index (χ3n) is 4.93. The number of rotatable bonds is 16. The highest BCUT2D eigenvalue weighted by Gasteiger charge is 2.30.